The Morgan fingerprint density at radius 3 is 2.37 bits per heavy atom. The van der Waals surface area contributed by atoms with E-state index in [1.165, 1.54) is 44.6 Å². The maximum atomic E-state index is 12.3. The number of hydrogen-bond donors (Lipinski definition) is 1. The lowest BCUT2D eigenvalue weighted by Gasteiger charge is -2.14. The number of nitrogens with zero attached hydrogens (tertiary/aromatic N) is 1. The van der Waals surface area contributed by atoms with Crippen molar-refractivity contribution in [3.63, 3.8) is 0 Å². The number of methoxy groups -OCH3 is 2. The van der Waals surface area contributed by atoms with Crippen LogP contribution in [0.25, 0.3) is 0 Å². The SMILES string of the molecule is COc1cc(CNC(=O)c2cccc([N+](=O)[O-])c2)c(S(=O)(=O)Cl)cc1OC. The van der Waals surface area contributed by atoms with Gasteiger partial charge in [0.2, 0.25) is 0 Å². The third-order valence-corrected chi connectivity index (χ3v) is 4.99. The number of nitrogens with one attached hydrogen (secondary N) is 1. The summed E-state index contributed by atoms with van der Waals surface area (Å²) in [6, 6.07) is 7.71. The van der Waals surface area contributed by atoms with E-state index >= 15 is 0 Å². The molecule has 0 atom stereocenters. The van der Waals surface area contributed by atoms with Crippen molar-refractivity contribution in [3.05, 3.63) is 57.6 Å². The van der Waals surface area contributed by atoms with Crippen molar-refractivity contribution in [1.29, 1.82) is 0 Å². The van der Waals surface area contributed by atoms with E-state index in [0.717, 1.165) is 6.07 Å². The molecule has 1 N–H and O–H groups in total. The van der Waals surface area contributed by atoms with Crippen LogP contribution in [0.2, 0.25) is 0 Å². The van der Waals surface area contributed by atoms with Crippen LogP contribution < -0.4 is 14.8 Å². The van der Waals surface area contributed by atoms with Gasteiger partial charge in [0.15, 0.2) is 11.5 Å². The molecule has 27 heavy (non-hydrogen) atoms. The molecular weight excluding hydrogens is 400 g/mol. The second kappa shape index (κ2) is 8.23. The number of carbonyl (C=O) groups excluding carboxylic acids is 1. The second-order valence-corrected chi connectivity index (χ2v) is 7.78. The topological polar surface area (TPSA) is 125 Å². The molecule has 0 fully saturated rings. The van der Waals surface area contributed by atoms with Crippen molar-refractivity contribution < 1.29 is 27.6 Å². The average Bonchev–Trinajstić information content (AvgIpc) is 2.64. The van der Waals surface area contributed by atoms with Crippen LogP contribution in [-0.2, 0) is 15.6 Å². The lowest BCUT2D eigenvalue weighted by molar-refractivity contribution is -0.384. The van der Waals surface area contributed by atoms with Gasteiger partial charge in [0, 0.05) is 41.0 Å². The number of halogens is 1. The number of nitro groups is 1. The highest BCUT2D eigenvalue weighted by Crippen LogP contribution is 2.34. The van der Waals surface area contributed by atoms with Crippen LogP contribution in [0.3, 0.4) is 0 Å². The van der Waals surface area contributed by atoms with Crippen LogP contribution in [-0.4, -0.2) is 33.5 Å². The van der Waals surface area contributed by atoms with Crippen LogP contribution >= 0.6 is 10.7 Å². The van der Waals surface area contributed by atoms with Crippen molar-refractivity contribution in [2.24, 2.45) is 0 Å². The third-order valence-electron chi connectivity index (χ3n) is 3.59. The fourth-order valence-electron chi connectivity index (χ4n) is 2.31. The molecule has 2 aromatic rings. The Labute approximate surface area is 159 Å². The molecule has 9 nitrogen and oxygen atoms in total. The molecule has 11 heteroatoms. The maximum Gasteiger partial charge on any atom is 0.270 e. The van der Waals surface area contributed by atoms with Crippen LogP contribution in [0.1, 0.15) is 15.9 Å². The Balaban J connectivity index is 2.32. The molecular formula is C16H15ClN2O7S. The van der Waals surface area contributed by atoms with Gasteiger partial charge >= 0.3 is 0 Å². The molecule has 144 valence electrons. The number of hydrogen-bond acceptors (Lipinski definition) is 7. The summed E-state index contributed by atoms with van der Waals surface area (Å²) in [5.41, 5.74) is -0.0146. The van der Waals surface area contributed by atoms with Crippen molar-refractivity contribution in [2.45, 2.75) is 11.4 Å². The zero-order valence-electron chi connectivity index (χ0n) is 14.3. The normalized spacial score (nSPS) is 10.9. The summed E-state index contributed by atoms with van der Waals surface area (Å²) >= 11 is 0. The van der Waals surface area contributed by atoms with E-state index in [-0.39, 0.29) is 39.8 Å². The van der Waals surface area contributed by atoms with E-state index < -0.39 is 19.9 Å². The van der Waals surface area contributed by atoms with Gasteiger partial charge < -0.3 is 14.8 Å². The summed E-state index contributed by atoms with van der Waals surface area (Å²) in [6.45, 7) is -0.205. The monoisotopic (exact) mass is 414 g/mol. The summed E-state index contributed by atoms with van der Waals surface area (Å²) in [7, 11) is 4.05. The van der Waals surface area contributed by atoms with Crippen molar-refractivity contribution >= 4 is 31.3 Å². The van der Waals surface area contributed by atoms with E-state index in [1.54, 1.807) is 0 Å². The molecule has 0 heterocycles. The lowest BCUT2D eigenvalue weighted by atomic mass is 10.1. The summed E-state index contributed by atoms with van der Waals surface area (Å²) in [5.74, 6) is -0.210. The van der Waals surface area contributed by atoms with Gasteiger partial charge in [-0.3, -0.25) is 14.9 Å². The highest BCUT2D eigenvalue weighted by Gasteiger charge is 2.21. The molecule has 0 bridgehead atoms. The number of nitro benzene ring substituents is 1. The van der Waals surface area contributed by atoms with Crippen molar-refractivity contribution in [3.8, 4) is 11.5 Å². The highest BCUT2D eigenvalue weighted by molar-refractivity contribution is 8.13. The molecule has 0 aromatic heterocycles. The Hall–Kier alpha value is -2.85. The molecule has 0 unspecified atom stereocenters. The first-order valence-corrected chi connectivity index (χ1v) is 9.70. The van der Waals surface area contributed by atoms with E-state index in [0.29, 0.717) is 0 Å². The predicted molar refractivity (Wildman–Crippen MR) is 96.9 cm³/mol. The first-order chi connectivity index (χ1) is 12.7. The molecule has 0 aliphatic rings. The summed E-state index contributed by atoms with van der Waals surface area (Å²) < 4.78 is 33.9. The highest BCUT2D eigenvalue weighted by atomic mass is 35.7. The Kier molecular flexibility index (Phi) is 6.24. The summed E-state index contributed by atoms with van der Waals surface area (Å²) in [6.07, 6.45) is 0. The van der Waals surface area contributed by atoms with E-state index in [4.69, 9.17) is 20.2 Å². The van der Waals surface area contributed by atoms with E-state index in [9.17, 15) is 23.3 Å². The van der Waals surface area contributed by atoms with Gasteiger partial charge in [-0.2, -0.15) is 0 Å². The predicted octanol–water partition coefficient (Wildman–Crippen LogP) is 2.47. The van der Waals surface area contributed by atoms with Crippen molar-refractivity contribution in [2.75, 3.05) is 14.2 Å². The Bertz CT molecular complexity index is 992. The quantitative estimate of drug-likeness (QED) is 0.419. The molecule has 0 aliphatic carbocycles. The molecule has 1 amide bonds. The first kappa shape index (κ1) is 20.5. The number of carbonyl (C=O) groups is 1. The molecule has 0 spiro atoms. The largest absolute Gasteiger partial charge is 0.493 e. The number of benzene rings is 2. The molecule has 0 saturated heterocycles. The zero-order valence-corrected chi connectivity index (χ0v) is 15.8. The van der Waals surface area contributed by atoms with Gasteiger partial charge in [0.1, 0.15) is 0 Å². The average molecular weight is 415 g/mol. The standard InChI is InChI=1S/C16H15ClN2O7S/c1-25-13-7-11(15(27(17,23)24)8-14(13)26-2)9-18-16(20)10-4-3-5-12(6-10)19(21)22/h3-8H,9H2,1-2H3,(H,18,20). The number of non-ortho nitro benzene ring substituents is 1. The van der Waals surface area contributed by atoms with Gasteiger partial charge in [-0.25, -0.2) is 8.42 Å². The van der Waals surface area contributed by atoms with Crippen LogP contribution in [0.15, 0.2) is 41.3 Å². The van der Waals surface area contributed by atoms with E-state index in [1.807, 2.05) is 0 Å². The number of ether oxygens (including phenoxy) is 2. The molecule has 0 saturated carbocycles. The van der Waals surface area contributed by atoms with Crippen LogP contribution in [0, 0.1) is 10.1 Å². The molecule has 0 aliphatic heterocycles. The number of amides is 1. The van der Waals surface area contributed by atoms with E-state index in [2.05, 4.69) is 5.32 Å². The van der Waals surface area contributed by atoms with Gasteiger partial charge in [0.05, 0.1) is 24.0 Å². The zero-order chi connectivity index (χ0) is 20.2. The maximum absolute atomic E-state index is 12.3. The number of rotatable bonds is 7. The fraction of sp³-hybridized carbons (Fsp3) is 0.188. The fourth-order valence-corrected chi connectivity index (χ4v) is 3.43. The minimum absolute atomic E-state index is 0.0555. The lowest BCUT2D eigenvalue weighted by Crippen LogP contribution is -2.23. The van der Waals surface area contributed by atoms with Gasteiger partial charge in [-0.15, -0.1) is 0 Å². The molecule has 2 rings (SSSR count). The first-order valence-electron chi connectivity index (χ1n) is 7.39. The van der Waals surface area contributed by atoms with Gasteiger partial charge in [-0.05, 0) is 17.7 Å². The van der Waals surface area contributed by atoms with Gasteiger partial charge in [0.25, 0.3) is 20.6 Å². The second-order valence-electron chi connectivity index (χ2n) is 5.24. The minimum atomic E-state index is -4.13. The smallest absolute Gasteiger partial charge is 0.270 e. The minimum Gasteiger partial charge on any atom is -0.493 e. The van der Waals surface area contributed by atoms with Crippen LogP contribution in [0.5, 0.6) is 11.5 Å². The Morgan fingerprint density at radius 2 is 1.81 bits per heavy atom. The summed E-state index contributed by atoms with van der Waals surface area (Å²) in [5, 5.41) is 13.3. The molecule has 0 radical (unpaired) electrons. The van der Waals surface area contributed by atoms with Crippen LogP contribution in [0.4, 0.5) is 5.69 Å². The Morgan fingerprint density at radius 1 is 1.19 bits per heavy atom. The molecule has 2 aromatic carbocycles. The van der Waals surface area contributed by atoms with Gasteiger partial charge in [-0.1, -0.05) is 6.07 Å². The summed E-state index contributed by atoms with van der Waals surface area (Å²) in [4.78, 5) is 22.2. The third kappa shape index (κ3) is 4.86. The van der Waals surface area contributed by atoms with Crippen molar-refractivity contribution in [1.82, 2.24) is 5.32 Å².